The van der Waals surface area contributed by atoms with Crippen LogP contribution in [0.2, 0.25) is 0 Å². The third-order valence-electron chi connectivity index (χ3n) is 4.47. The molecule has 0 aromatic rings. The van der Waals surface area contributed by atoms with Crippen molar-refractivity contribution in [2.75, 3.05) is 26.8 Å². The van der Waals surface area contributed by atoms with Gasteiger partial charge in [-0.15, -0.1) is 0 Å². The average Bonchev–Trinajstić information content (AvgIpc) is 2.69. The number of guanidine groups is 1. The summed E-state index contributed by atoms with van der Waals surface area (Å²) in [5.41, 5.74) is 6.46. The first-order valence-electron chi connectivity index (χ1n) is 6.10. The standard InChI is InChI=1S/C12H23N3O/c1-11(2)5-4-6-12(11)9-14-10(13)15(12)7-8-16-3/h4-9H2,1-3H3,(H2,13,14). The number of ether oxygens (including phenoxy) is 1. The van der Waals surface area contributed by atoms with E-state index in [9.17, 15) is 0 Å². The van der Waals surface area contributed by atoms with Crippen molar-refractivity contribution in [1.29, 1.82) is 0 Å². The lowest BCUT2D eigenvalue weighted by molar-refractivity contribution is 0.0615. The predicted octanol–water partition coefficient (Wildman–Crippen LogP) is 1.21. The molecule has 0 aromatic heterocycles. The summed E-state index contributed by atoms with van der Waals surface area (Å²) in [6.07, 6.45) is 3.74. The van der Waals surface area contributed by atoms with Crippen LogP contribution in [0.15, 0.2) is 4.99 Å². The Labute approximate surface area is 97.9 Å². The van der Waals surface area contributed by atoms with Crippen LogP contribution in [0.5, 0.6) is 0 Å². The van der Waals surface area contributed by atoms with Gasteiger partial charge in [-0.05, 0) is 18.3 Å². The van der Waals surface area contributed by atoms with Crippen LogP contribution in [0.1, 0.15) is 33.1 Å². The Morgan fingerprint density at radius 2 is 2.19 bits per heavy atom. The van der Waals surface area contributed by atoms with Gasteiger partial charge in [0.15, 0.2) is 5.96 Å². The highest BCUT2D eigenvalue weighted by Crippen LogP contribution is 2.51. The minimum atomic E-state index is 0.148. The smallest absolute Gasteiger partial charge is 0.191 e. The number of rotatable bonds is 3. The molecule has 4 nitrogen and oxygen atoms in total. The molecule has 1 spiro atoms. The van der Waals surface area contributed by atoms with E-state index in [2.05, 4.69) is 23.7 Å². The molecule has 1 atom stereocenters. The molecule has 1 fully saturated rings. The zero-order chi connectivity index (χ0) is 11.8. The maximum Gasteiger partial charge on any atom is 0.191 e. The highest BCUT2D eigenvalue weighted by Gasteiger charge is 2.55. The van der Waals surface area contributed by atoms with Crippen LogP contribution in [0, 0.1) is 5.41 Å². The van der Waals surface area contributed by atoms with Gasteiger partial charge >= 0.3 is 0 Å². The Balaban J connectivity index is 2.21. The largest absolute Gasteiger partial charge is 0.383 e. The molecule has 0 radical (unpaired) electrons. The van der Waals surface area contributed by atoms with Crippen molar-refractivity contribution in [3.05, 3.63) is 0 Å². The van der Waals surface area contributed by atoms with E-state index >= 15 is 0 Å². The molecular weight excluding hydrogens is 202 g/mol. The van der Waals surface area contributed by atoms with Gasteiger partial charge < -0.3 is 15.4 Å². The third kappa shape index (κ3) is 1.51. The molecule has 16 heavy (non-hydrogen) atoms. The molecule has 2 rings (SSSR count). The highest BCUT2D eigenvalue weighted by atomic mass is 16.5. The molecule has 0 bridgehead atoms. The molecular formula is C12H23N3O. The number of nitrogens with two attached hydrogens (primary N) is 1. The fourth-order valence-electron chi connectivity index (χ4n) is 3.30. The van der Waals surface area contributed by atoms with Crippen molar-refractivity contribution in [3.8, 4) is 0 Å². The van der Waals surface area contributed by atoms with Crippen LogP contribution in [0.3, 0.4) is 0 Å². The fraction of sp³-hybridized carbons (Fsp3) is 0.917. The monoisotopic (exact) mass is 225 g/mol. The first-order chi connectivity index (χ1) is 7.53. The van der Waals surface area contributed by atoms with Crippen molar-refractivity contribution in [1.82, 2.24) is 4.90 Å². The van der Waals surface area contributed by atoms with Gasteiger partial charge in [-0.3, -0.25) is 4.99 Å². The zero-order valence-electron chi connectivity index (χ0n) is 10.6. The summed E-state index contributed by atoms with van der Waals surface area (Å²) >= 11 is 0. The summed E-state index contributed by atoms with van der Waals surface area (Å²) in [4.78, 5) is 6.75. The zero-order valence-corrected chi connectivity index (χ0v) is 10.6. The summed E-state index contributed by atoms with van der Waals surface area (Å²) in [6, 6.07) is 0. The van der Waals surface area contributed by atoms with Crippen molar-refractivity contribution in [2.45, 2.75) is 38.6 Å². The molecule has 1 aliphatic heterocycles. The van der Waals surface area contributed by atoms with Crippen LogP contribution in [0.4, 0.5) is 0 Å². The molecule has 1 saturated carbocycles. The van der Waals surface area contributed by atoms with E-state index in [1.165, 1.54) is 19.3 Å². The van der Waals surface area contributed by atoms with E-state index < -0.39 is 0 Å². The molecule has 2 N–H and O–H groups in total. The number of nitrogens with zero attached hydrogens (tertiary/aromatic N) is 2. The van der Waals surface area contributed by atoms with Crippen LogP contribution in [-0.2, 0) is 4.74 Å². The van der Waals surface area contributed by atoms with Gasteiger partial charge in [0.1, 0.15) is 0 Å². The van der Waals surface area contributed by atoms with E-state index in [0.29, 0.717) is 18.0 Å². The minimum absolute atomic E-state index is 0.148. The van der Waals surface area contributed by atoms with Gasteiger partial charge in [-0.2, -0.15) is 0 Å². The summed E-state index contributed by atoms with van der Waals surface area (Å²) in [5, 5.41) is 0. The number of methoxy groups -OCH3 is 1. The quantitative estimate of drug-likeness (QED) is 0.785. The van der Waals surface area contributed by atoms with Crippen molar-refractivity contribution < 1.29 is 4.74 Å². The maximum atomic E-state index is 6.02. The Hall–Kier alpha value is -0.770. The van der Waals surface area contributed by atoms with E-state index in [4.69, 9.17) is 10.5 Å². The van der Waals surface area contributed by atoms with Crippen molar-refractivity contribution in [3.63, 3.8) is 0 Å². The molecule has 1 aliphatic carbocycles. The molecule has 0 saturated heterocycles. The van der Waals surface area contributed by atoms with Gasteiger partial charge in [0.25, 0.3) is 0 Å². The van der Waals surface area contributed by atoms with E-state index in [1.807, 2.05) is 0 Å². The minimum Gasteiger partial charge on any atom is -0.383 e. The SMILES string of the molecule is COCCN1C(N)=NCC12CCCC2(C)C. The average molecular weight is 225 g/mol. The van der Waals surface area contributed by atoms with Crippen LogP contribution >= 0.6 is 0 Å². The molecule has 1 heterocycles. The van der Waals surface area contributed by atoms with Gasteiger partial charge in [0, 0.05) is 13.7 Å². The Kier molecular flexibility index (Phi) is 2.86. The van der Waals surface area contributed by atoms with Gasteiger partial charge in [-0.1, -0.05) is 20.3 Å². The lowest BCUT2D eigenvalue weighted by Crippen LogP contribution is -2.58. The second-order valence-electron chi connectivity index (χ2n) is 5.59. The highest BCUT2D eigenvalue weighted by molar-refractivity contribution is 5.81. The second-order valence-corrected chi connectivity index (χ2v) is 5.59. The summed E-state index contributed by atoms with van der Waals surface area (Å²) in [6.45, 7) is 7.11. The Morgan fingerprint density at radius 3 is 2.75 bits per heavy atom. The molecule has 1 unspecified atom stereocenters. The Bertz CT molecular complexity index is 301. The summed E-state index contributed by atoms with van der Waals surface area (Å²) < 4.78 is 5.17. The van der Waals surface area contributed by atoms with Crippen LogP contribution in [0.25, 0.3) is 0 Å². The lowest BCUT2D eigenvalue weighted by Gasteiger charge is -2.45. The number of hydrogen-bond acceptors (Lipinski definition) is 4. The summed E-state index contributed by atoms with van der Waals surface area (Å²) in [5.74, 6) is 0.701. The Morgan fingerprint density at radius 1 is 1.44 bits per heavy atom. The number of aliphatic imine (C=N–C) groups is 1. The molecule has 4 heteroatoms. The predicted molar refractivity (Wildman–Crippen MR) is 65.4 cm³/mol. The molecule has 0 amide bonds. The van der Waals surface area contributed by atoms with Gasteiger partial charge in [0.05, 0.1) is 18.7 Å². The number of hydrogen-bond donors (Lipinski definition) is 1. The fourth-order valence-corrected chi connectivity index (χ4v) is 3.30. The van der Waals surface area contributed by atoms with Crippen LogP contribution in [-0.4, -0.2) is 43.2 Å². The second kappa shape index (κ2) is 3.91. The van der Waals surface area contributed by atoms with Gasteiger partial charge in [0.2, 0.25) is 0 Å². The van der Waals surface area contributed by atoms with E-state index in [1.54, 1.807) is 7.11 Å². The normalized spacial score (nSPS) is 32.4. The van der Waals surface area contributed by atoms with Crippen molar-refractivity contribution in [2.24, 2.45) is 16.1 Å². The molecule has 92 valence electrons. The first kappa shape index (κ1) is 11.7. The third-order valence-corrected chi connectivity index (χ3v) is 4.47. The maximum absolute atomic E-state index is 6.02. The first-order valence-corrected chi connectivity index (χ1v) is 6.10. The topological polar surface area (TPSA) is 50.9 Å². The van der Waals surface area contributed by atoms with Crippen LogP contribution < -0.4 is 5.73 Å². The molecule has 2 aliphatic rings. The summed E-state index contributed by atoms with van der Waals surface area (Å²) in [7, 11) is 1.73. The lowest BCUT2D eigenvalue weighted by atomic mass is 9.74. The van der Waals surface area contributed by atoms with E-state index in [0.717, 1.165) is 13.1 Å². The van der Waals surface area contributed by atoms with E-state index in [-0.39, 0.29) is 5.54 Å². The molecule has 0 aromatic carbocycles. The van der Waals surface area contributed by atoms with Crippen molar-refractivity contribution >= 4 is 5.96 Å². The van der Waals surface area contributed by atoms with Gasteiger partial charge in [-0.25, -0.2) is 0 Å².